The van der Waals surface area contributed by atoms with Crippen molar-refractivity contribution < 1.29 is 51.5 Å². The van der Waals surface area contributed by atoms with Gasteiger partial charge in [0.2, 0.25) is 0 Å². The van der Waals surface area contributed by atoms with Gasteiger partial charge >= 0.3 is 13.9 Å². The van der Waals surface area contributed by atoms with E-state index in [1.807, 2.05) is 6.92 Å². The van der Waals surface area contributed by atoms with Crippen LogP contribution in [-0.4, -0.2) is 64.7 Å². The SMILES string of the molecule is CC(C)OCC(=O)[C@H](C)N[P@@](=O)(OCC[C@@H](C)[C@H]1CCC2C3C(CC[C@@]21C)[C@@]1(C)CC[C@@H](O)CC1[C@@H](C(F)(F)F)[C@H]3O)Oc1ccc([N+](=O)[O-])cc1. The van der Waals surface area contributed by atoms with Gasteiger partial charge in [-0.15, -0.1) is 0 Å². The molecule has 0 aromatic heterocycles. The number of nitrogens with one attached hydrogen (secondary N) is 1. The maximum atomic E-state index is 14.7. The van der Waals surface area contributed by atoms with Gasteiger partial charge in [-0.2, -0.15) is 13.2 Å². The Morgan fingerprint density at radius 2 is 1.65 bits per heavy atom. The number of nitro benzene ring substituents is 1. The van der Waals surface area contributed by atoms with E-state index in [9.17, 15) is 42.9 Å². The van der Waals surface area contributed by atoms with Crippen molar-refractivity contribution in [3.8, 4) is 5.75 Å². The molecule has 11 nitrogen and oxygen atoms in total. The molecule has 0 spiro atoms. The summed E-state index contributed by atoms with van der Waals surface area (Å²) in [5, 5.41) is 35.9. The minimum Gasteiger partial charge on any atom is -0.413 e. The molecule has 5 rings (SSSR count). The molecule has 294 valence electrons. The quantitative estimate of drug-likeness (QED) is 0.0968. The van der Waals surface area contributed by atoms with Crippen LogP contribution in [0.3, 0.4) is 0 Å². The number of nitrogens with zero attached hydrogens (tertiary/aromatic N) is 1. The van der Waals surface area contributed by atoms with Crippen molar-refractivity contribution in [1.82, 2.24) is 5.09 Å². The van der Waals surface area contributed by atoms with Crippen molar-refractivity contribution in [3.05, 3.63) is 34.4 Å². The summed E-state index contributed by atoms with van der Waals surface area (Å²) in [5.74, 6) is -3.52. The molecule has 52 heavy (non-hydrogen) atoms. The van der Waals surface area contributed by atoms with Crippen LogP contribution in [0.2, 0.25) is 0 Å². The molecule has 0 saturated heterocycles. The van der Waals surface area contributed by atoms with E-state index in [-0.39, 0.29) is 72.0 Å². The average Bonchev–Trinajstić information content (AvgIpc) is 3.41. The molecule has 0 radical (unpaired) electrons. The highest BCUT2D eigenvalue weighted by atomic mass is 31.2. The molecule has 4 unspecified atom stereocenters. The van der Waals surface area contributed by atoms with Gasteiger partial charge in [-0.05, 0) is 131 Å². The third-order valence-corrected chi connectivity index (χ3v) is 15.1. The number of hydrogen-bond acceptors (Lipinski definition) is 9. The van der Waals surface area contributed by atoms with Crippen LogP contribution in [0, 0.1) is 62.4 Å². The molecule has 4 saturated carbocycles. The fourth-order valence-electron chi connectivity index (χ4n) is 10.8. The van der Waals surface area contributed by atoms with Gasteiger partial charge in [0.25, 0.3) is 5.69 Å². The lowest BCUT2D eigenvalue weighted by atomic mass is 9.41. The van der Waals surface area contributed by atoms with E-state index < -0.39 is 60.3 Å². The van der Waals surface area contributed by atoms with Gasteiger partial charge in [-0.1, -0.05) is 20.8 Å². The van der Waals surface area contributed by atoms with Crippen molar-refractivity contribution >= 4 is 19.2 Å². The highest BCUT2D eigenvalue weighted by Crippen LogP contribution is 2.70. The lowest BCUT2D eigenvalue weighted by Gasteiger charge is -2.64. The number of fused-ring (bicyclic) bond motifs is 5. The lowest BCUT2D eigenvalue weighted by molar-refractivity contribution is -0.384. The second kappa shape index (κ2) is 15.6. The zero-order chi connectivity index (χ0) is 38.4. The molecule has 13 atom stereocenters. The maximum Gasteiger partial charge on any atom is 0.459 e. The van der Waals surface area contributed by atoms with Crippen LogP contribution < -0.4 is 9.61 Å². The molecule has 4 aliphatic carbocycles. The van der Waals surface area contributed by atoms with Gasteiger partial charge in [0.1, 0.15) is 12.4 Å². The Morgan fingerprint density at radius 1 is 1.02 bits per heavy atom. The molecule has 0 bridgehead atoms. The number of carbonyl (C=O) groups is 1. The number of alkyl halides is 3. The van der Waals surface area contributed by atoms with E-state index in [0.29, 0.717) is 25.7 Å². The Bertz CT molecular complexity index is 1480. The largest absolute Gasteiger partial charge is 0.459 e. The Morgan fingerprint density at radius 3 is 2.27 bits per heavy atom. The van der Waals surface area contributed by atoms with E-state index in [1.54, 1.807) is 13.8 Å². The fraction of sp³-hybridized carbons (Fsp3) is 0.811. The maximum absolute atomic E-state index is 14.7. The second-order valence-corrected chi connectivity index (χ2v) is 18.4. The number of non-ortho nitro benzene ring substituents is 1. The van der Waals surface area contributed by atoms with Gasteiger partial charge in [0, 0.05) is 12.1 Å². The minimum absolute atomic E-state index is 0.0187. The van der Waals surface area contributed by atoms with E-state index in [1.165, 1.54) is 31.2 Å². The molecular formula is C37H56F3N2O9P. The molecule has 0 amide bonds. The Kier molecular flexibility index (Phi) is 12.3. The van der Waals surface area contributed by atoms with Crippen molar-refractivity contribution in [2.75, 3.05) is 13.2 Å². The molecule has 0 heterocycles. The van der Waals surface area contributed by atoms with Crippen LogP contribution in [0.15, 0.2) is 24.3 Å². The zero-order valence-electron chi connectivity index (χ0n) is 31.0. The van der Waals surface area contributed by atoms with Crippen LogP contribution in [0.1, 0.15) is 92.9 Å². The number of rotatable bonds is 14. The number of aliphatic hydroxyl groups is 2. The molecule has 0 aliphatic heterocycles. The summed E-state index contributed by atoms with van der Waals surface area (Å²) >= 11 is 0. The molecule has 15 heteroatoms. The zero-order valence-corrected chi connectivity index (χ0v) is 31.9. The van der Waals surface area contributed by atoms with Gasteiger partial charge < -0.3 is 19.5 Å². The number of Topliss-reactive ketones (excluding diaryl/α,β-unsaturated/α-hetero) is 1. The van der Waals surface area contributed by atoms with Crippen molar-refractivity contribution in [3.63, 3.8) is 0 Å². The van der Waals surface area contributed by atoms with Gasteiger partial charge in [0.05, 0.1) is 41.8 Å². The van der Waals surface area contributed by atoms with Crippen molar-refractivity contribution in [2.24, 2.45) is 52.3 Å². The van der Waals surface area contributed by atoms with Crippen LogP contribution >= 0.6 is 7.75 Å². The Labute approximate surface area is 304 Å². The summed E-state index contributed by atoms with van der Waals surface area (Å²) in [4.78, 5) is 23.3. The summed E-state index contributed by atoms with van der Waals surface area (Å²) in [6, 6.07) is 4.03. The van der Waals surface area contributed by atoms with Gasteiger partial charge in [-0.3, -0.25) is 19.4 Å². The molecule has 4 fully saturated rings. The topological polar surface area (TPSA) is 157 Å². The van der Waals surface area contributed by atoms with E-state index >= 15 is 0 Å². The van der Waals surface area contributed by atoms with Gasteiger partial charge in [-0.25, -0.2) is 9.65 Å². The number of carbonyl (C=O) groups excluding carboxylic acids is 1. The smallest absolute Gasteiger partial charge is 0.413 e. The fourth-order valence-corrected chi connectivity index (χ4v) is 12.3. The average molecular weight is 761 g/mol. The predicted molar refractivity (Wildman–Crippen MR) is 187 cm³/mol. The van der Waals surface area contributed by atoms with Crippen LogP contribution in [0.25, 0.3) is 0 Å². The Hall–Kier alpha value is -2.09. The summed E-state index contributed by atoms with van der Waals surface area (Å²) in [5.41, 5.74) is -1.11. The van der Waals surface area contributed by atoms with Crippen molar-refractivity contribution in [1.29, 1.82) is 0 Å². The van der Waals surface area contributed by atoms with E-state index in [4.69, 9.17) is 13.8 Å². The second-order valence-electron chi connectivity index (χ2n) is 16.7. The lowest BCUT2D eigenvalue weighted by Crippen LogP contribution is -2.64. The summed E-state index contributed by atoms with van der Waals surface area (Å²) in [7, 11) is -4.20. The van der Waals surface area contributed by atoms with E-state index in [0.717, 1.165) is 19.3 Å². The summed E-state index contributed by atoms with van der Waals surface area (Å²) in [6.07, 6.45) is -2.55. The number of halogens is 3. The number of ketones is 1. The molecular weight excluding hydrogens is 704 g/mol. The van der Waals surface area contributed by atoms with Crippen LogP contribution in [-0.2, 0) is 18.6 Å². The number of benzene rings is 1. The first-order chi connectivity index (χ1) is 24.2. The standard InChI is InChI=1S/C37H56F3N2O9P/c1-21(2)49-20-31(44)23(4)41-52(48,51-26-9-7-24(8-10-26)42(46)47)50-18-15-22(3)27-11-12-28-32-29(14-17-35(27,28)5)36(6)16-13-25(43)19-30(36)33(34(32)45)37(38,39)40/h7-10,21-23,25,27-30,32-34,43,45H,11-20H2,1-6H3,(H,41,48)/t22-,23+,25-,27-,28?,29?,30?,32?,33-,34+,35-,36-,52-/m1/s1. The van der Waals surface area contributed by atoms with E-state index in [2.05, 4.69) is 18.9 Å². The molecule has 3 N–H and O–H groups in total. The first-order valence-electron chi connectivity index (χ1n) is 18.7. The Balaban J connectivity index is 1.30. The molecule has 4 aliphatic rings. The highest BCUT2D eigenvalue weighted by molar-refractivity contribution is 7.52. The first kappa shape index (κ1) is 41.1. The monoisotopic (exact) mass is 760 g/mol. The highest BCUT2D eigenvalue weighted by Gasteiger charge is 2.69. The van der Waals surface area contributed by atoms with Crippen molar-refractivity contribution in [2.45, 2.75) is 123 Å². The van der Waals surface area contributed by atoms with Gasteiger partial charge in [0.15, 0.2) is 5.78 Å². The molecule has 1 aromatic rings. The minimum atomic E-state index is -4.58. The first-order valence-corrected chi connectivity index (χ1v) is 20.3. The molecule has 1 aromatic carbocycles. The van der Waals surface area contributed by atoms with Crippen LogP contribution in [0.5, 0.6) is 5.75 Å². The normalized spacial score (nSPS) is 36.9. The number of nitro groups is 1. The third kappa shape index (κ3) is 8.27. The van der Waals surface area contributed by atoms with Crippen LogP contribution in [0.4, 0.5) is 18.9 Å². The number of ether oxygens (including phenoxy) is 1. The third-order valence-electron chi connectivity index (χ3n) is 13.4. The summed E-state index contributed by atoms with van der Waals surface area (Å²) in [6.45, 7) is 11.0. The number of hydrogen-bond donors (Lipinski definition) is 3. The summed E-state index contributed by atoms with van der Waals surface area (Å²) < 4.78 is 75.3. The number of aliphatic hydroxyl groups excluding tert-OH is 2. The predicted octanol–water partition coefficient (Wildman–Crippen LogP) is 7.88.